The third-order valence-corrected chi connectivity index (χ3v) is 4.18. The Labute approximate surface area is 104 Å². The molecule has 98 valence electrons. The molecule has 2 aliphatic rings. The van der Waals surface area contributed by atoms with Crippen LogP contribution in [0.1, 0.15) is 39.0 Å². The van der Waals surface area contributed by atoms with Gasteiger partial charge in [0.1, 0.15) is 0 Å². The number of rotatable bonds is 2. The summed E-state index contributed by atoms with van der Waals surface area (Å²) in [6, 6.07) is 1.00. The van der Waals surface area contributed by atoms with Crippen LogP contribution in [0.2, 0.25) is 0 Å². The van der Waals surface area contributed by atoms with Gasteiger partial charge in [-0.3, -0.25) is 4.79 Å². The first-order valence-electron chi connectivity index (χ1n) is 6.91. The molecule has 2 N–H and O–H groups in total. The fourth-order valence-corrected chi connectivity index (χ4v) is 2.80. The molecule has 0 aromatic rings. The monoisotopic (exact) mass is 239 g/mol. The summed E-state index contributed by atoms with van der Waals surface area (Å²) in [5.74, 6) is 0.214. The predicted octanol–water partition coefficient (Wildman–Crippen LogP) is 0.727. The molecule has 2 rings (SSSR count). The predicted molar refractivity (Wildman–Crippen MR) is 68.9 cm³/mol. The summed E-state index contributed by atoms with van der Waals surface area (Å²) >= 11 is 0. The molecule has 0 radical (unpaired) electrons. The second kappa shape index (κ2) is 5.83. The van der Waals surface area contributed by atoms with Gasteiger partial charge in [0.25, 0.3) is 0 Å². The van der Waals surface area contributed by atoms with Crippen LogP contribution in [0.25, 0.3) is 0 Å². The van der Waals surface area contributed by atoms with Gasteiger partial charge in [-0.1, -0.05) is 6.42 Å². The van der Waals surface area contributed by atoms with E-state index in [2.05, 4.69) is 29.5 Å². The lowest BCUT2D eigenvalue weighted by atomic mass is 9.97. The zero-order valence-electron chi connectivity index (χ0n) is 11.0. The molecule has 2 fully saturated rings. The van der Waals surface area contributed by atoms with Crippen molar-refractivity contribution >= 4 is 5.91 Å². The highest BCUT2D eigenvalue weighted by Crippen LogP contribution is 2.16. The van der Waals surface area contributed by atoms with Crippen LogP contribution in [0.4, 0.5) is 0 Å². The molecule has 0 aromatic carbocycles. The zero-order valence-corrected chi connectivity index (χ0v) is 11.0. The van der Waals surface area contributed by atoms with Gasteiger partial charge in [0.15, 0.2) is 0 Å². The third kappa shape index (κ3) is 3.42. The van der Waals surface area contributed by atoms with Crippen molar-refractivity contribution in [3.05, 3.63) is 0 Å². The van der Waals surface area contributed by atoms with Crippen molar-refractivity contribution in [1.29, 1.82) is 0 Å². The minimum Gasteiger partial charge on any atom is -0.352 e. The van der Waals surface area contributed by atoms with E-state index in [1.807, 2.05) is 0 Å². The topological polar surface area (TPSA) is 44.4 Å². The molecule has 17 heavy (non-hydrogen) atoms. The van der Waals surface area contributed by atoms with Crippen molar-refractivity contribution in [1.82, 2.24) is 15.5 Å². The molecule has 0 aromatic heterocycles. The van der Waals surface area contributed by atoms with Crippen LogP contribution < -0.4 is 10.6 Å². The summed E-state index contributed by atoms with van der Waals surface area (Å²) < 4.78 is 0. The van der Waals surface area contributed by atoms with Gasteiger partial charge in [-0.15, -0.1) is 0 Å². The molecule has 2 saturated heterocycles. The lowest BCUT2D eigenvalue weighted by molar-refractivity contribution is -0.124. The number of likely N-dealkylation sites (tertiary alicyclic amines) is 1. The normalized spacial score (nSPS) is 35.5. The Hall–Kier alpha value is -0.610. The van der Waals surface area contributed by atoms with E-state index >= 15 is 0 Å². The smallest absolute Gasteiger partial charge is 0.237 e. The highest BCUT2D eigenvalue weighted by molar-refractivity contribution is 5.82. The van der Waals surface area contributed by atoms with Crippen molar-refractivity contribution in [3.8, 4) is 0 Å². The first-order valence-corrected chi connectivity index (χ1v) is 6.91. The molecule has 3 atom stereocenters. The molecular formula is C13H25N3O. The summed E-state index contributed by atoms with van der Waals surface area (Å²) in [6.07, 6.45) is 5.53. The van der Waals surface area contributed by atoms with E-state index in [4.69, 9.17) is 0 Å². The summed E-state index contributed by atoms with van der Waals surface area (Å²) in [6.45, 7) is 4.31. The van der Waals surface area contributed by atoms with E-state index in [0.29, 0.717) is 12.1 Å². The largest absolute Gasteiger partial charge is 0.352 e. The van der Waals surface area contributed by atoms with Crippen molar-refractivity contribution in [3.63, 3.8) is 0 Å². The van der Waals surface area contributed by atoms with Gasteiger partial charge in [0.2, 0.25) is 5.91 Å². The number of nitrogens with one attached hydrogen (secondary N) is 2. The second-order valence-electron chi connectivity index (χ2n) is 5.56. The van der Waals surface area contributed by atoms with Gasteiger partial charge in [-0.2, -0.15) is 0 Å². The SMILES string of the molecule is CC1CC(NC(=O)[C@H]2CCCCN2)CCN1C. The number of carbonyl (C=O) groups is 1. The minimum atomic E-state index is 0.0544. The Bertz CT molecular complexity index is 263. The molecule has 0 bridgehead atoms. The number of carbonyl (C=O) groups excluding carboxylic acids is 1. The van der Waals surface area contributed by atoms with Crippen molar-refractivity contribution < 1.29 is 4.79 Å². The molecular weight excluding hydrogens is 214 g/mol. The van der Waals surface area contributed by atoms with Crippen molar-refractivity contribution in [2.45, 2.75) is 57.2 Å². The van der Waals surface area contributed by atoms with Crippen molar-refractivity contribution in [2.24, 2.45) is 0 Å². The number of amides is 1. The summed E-state index contributed by atoms with van der Waals surface area (Å²) in [5, 5.41) is 6.52. The fraction of sp³-hybridized carbons (Fsp3) is 0.923. The van der Waals surface area contributed by atoms with Crippen molar-refractivity contribution in [2.75, 3.05) is 20.1 Å². The molecule has 0 saturated carbocycles. The van der Waals surface area contributed by atoms with Gasteiger partial charge >= 0.3 is 0 Å². The third-order valence-electron chi connectivity index (χ3n) is 4.18. The maximum Gasteiger partial charge on any atom is 0.237 e. The maximum atomic E-state index is 12.1. The Morgan fingerprint density at radius 1 is 1.35 bits per heavy atom. The Kier molecular flexibility index (Phi) is 4.40. The Morgan fingerprint density at radius 2 is 2.18 bits per heavy atom. The van der Waals surface area contributed by atoms with E-state index in [1.165, 1.54) is 12.8 Å². The maximum absolute atomic E-state index is 12.1. The van der Waals surface area contributed by atoms with Gasteiger partial charge < -0.3 is 15.5 Å². The van der Waals surface area contributed by atoms with Gasteiger partial charge in [0, 0.05) is 18.6 Å². The molecule has 1 amide bonds. The molecule has 2 unspecified atom stereocenters. The average molecular weight is 239 g/mol. The highest BCUT2D eigenvalue weighted by Gasteiger charge is 2.27. The van der Waals surface area contributed by atoms with Crippen LogP contribution in [0, 0.1) is 0 Å². The second-order valence-corrected chi connectivity index (χ2v) is 5.56. The van der Waals surface area contributed by atoms with E-state index < -0.39 is 0 Å². The van der Waals surface area contributed by atoms with E-state index in [1.54, 1.807) is 0 Å². The quantitative estimate of drug-likeness (QED) is 0.746. The molecule has 0 spiro atoms. The number of hydrogen-bond acceptors (Lipinski definition) is 3. The number of piperidine rings is 2. The standard InChI is InChI=1S/C13H25N3O/c1-10-9-11(6-8-16(10)2)15-13(17)12-5-3-4-7-14-12/h10-12,14H,3-9H2,1-2H3,(H,15,17)/t10?,11?,12-/m1/s1. The molecule has 2 aliphatic heterocycles. The molecule has 4 nitrogen and oxygen atoms in total. The van der Waals surface area contributed by atoms with Crippen LogP contribution in [0.3, 0.4) is 0 Å². The minimum absolute atomic E-state index is 0.0544. The average Bonchev–Trinajstić information content (AvgIpc) is 2.35. The summed E-state index contributed by atoms with van der Waals surface area (Å²) in [7, 11) is 2.16. The highest BCUT2D eigenvalue weighted by atomic mass is 16.2. The first-order chi connectivity index (χ1) is 8.16. The van der Waals surface area contributed by atoms with E-state index in [9.17, 15) is 4.79 Å². The zero-order chi connectivity index (χ0) is 12.3. The number of hydrogen-bond donors (Lipinski definition) is 2. The van der Waals surface area contributed by atoms with Crippen LogP contribution in [-0.2, 0) is 4.79 Å². The Morgan fingerprint density at radius 3 is 2.82 bits per heavy atom. The molecule has 2 heterocycles. The van der Waals surface area contributed by atoms with Crippen LogP contribution in [-0.4, -0.2) is 49.1 Å². The van der Waals surface area contributed by atoms with Crippen LogP contribution in [0.5, 0.6) is 0 Å². The fourth-order valence-electron chi connectivity index (χ4n) is 2.80. The Balaban J connectivity index is 1.78. The lowest BCUT2D eigenvalue weighted by Crippen LogP contribution is -2.53. The van der Waals surface area contributed by atoms with E-state index in [-0.39, 0.29) is 11.9 Å². The van der Waals surface area contributed by atoms with Crippen LogP contribution >= 0.6 is 0 Å². The van der Waals surface area contributed by atoms with Gasteiger partial charge in [-0.05, 0) is 46.2 Å². The number of nitrogens with zero attached hydrogens (tertiary/aromatic N) is 1. The van der Waals surface area contributed by atoms with Crippen LogP contribution in [0.15, 0.2) is 0 Å². The first kappa shape index (κ1) is 12.8. The van der Waals surface area contributed by atoms with Gasteiger partial charge in [-0.25, -0.2) is 0 Å². The summed E-state index contributed by atoms with van der Waals surface area (Å²) in [4.78, 5) is 14.4. The summed E-state index contributed by atoms with van der Waals surface area (Å²) in [5.41, 5.74) is 0. The molecule has 4 heteroatoms. The molecule has 0 aliphatic carbocycles. The lowest BCUT2D eigenvalue weighted by Gasteiger charge is -2.36. The van der Waals surface area contributed by atoms with E-state index in [0.717, 1.165) is 32.4 Å². The van der Waals surface area contributed by atoms with Gasteiger partial charge in [0.05, 0.1) is 6.04 Å².